The zero-order valence-electron chi connectivity index (χ0n) is 18.5. The van der Waals surface area contributed by atoms with Crippen molar-refractivity contribution in [3.8, 4) is 5.75 Å². The highest BCUT2D eigenvalue weighted by atomic mass is 32.2. The molecule has 31 heavy (non-hydrogen) atoms. The number of sulfonamides is 1. The van der Waals surface area contributed by atoms with Crippen LogP contribution in [0.4, 0.5) is 0 Å². The third-order valence-corrected chi connectivity index (χ3v) is 9.87. The number of aryl methyl sites for hydroxylation is 2. The molecular weight excluding hydrogens is 406 g/mol. The smallest absolute Gasteiger partial charge is 0.216 e. The summed E-state index contributed by atoms with van der Waals surface area (Å²) in [6.45, 7) is 4.34. The lowest BCUT2D eigenvalue weighted by Crippen LogP contribution is -2.50. The van der Waals surface area contributed by atoms with E-state index in [2.05, 4.69) is 17.7 Å². The van der Waals surface area contributed by atoms with Gasteiger partial charge in [0.1, 0.15) is 5.75 Å². The van der Waals surface area contributed by atoms with Gasteiger partial charge < -0.3 is 5.11 Å². The molecule has 4 nitrogen and oxygen atoms in total. The van der Waals surface area contributed by atoms with Crippen LogP contribution in [0, 0.1) is 24.2 Å². The fourth-order valence-electron chi connectivity index (χ4n) is 6.92. The summed E-state index contributed by atoms with van der Waals surface area (Å²) in [5.74, 6) is 2.13. The van der Waals surface area contributed by atoms with Gasteiger partial charge in [0.05, 0.1) is 5.75 Å². The lowest BCUT2D eigenvalue weighted by atomic mass is 9.55. The highest BCUT2D eigenvalue weighted by molar-refractivity contribution is 7.88. The van der Waals surface area contributed by atoms with E-state index in [0.717, 1.165) is 49.7 Å². The van der Waals surface area contributed by atoms with Crippen LogP contribution in [0.25, 0.3) is 0 Å². The lowest BCUT2D eigenvalue weighted by molar-refractivity contribution is 0.0462. The van der Waals surface area contributed by atoms with Crippen LogP contribution in [-0.4, -0.2) is 19.6 Å². The molecule has 5 atom stereocenters. The zero-order valence-corrected chi connectivity index (χ0v) is 19.3. The number of fused-ring (bicyclic) bond motifs is 5. The first-order chi connectivity index (χ1) is 14.7. The van der Waals surface area contributed by atoms with E-state index in [9.17, 15) is 13.5 Å². The van der Waals surface area contributed by atoms with Crippen molar-refractivity contribution in [3.05, 3.63) is 64.7 Å². The number of hydrogen-bond donors (Lipinski definition) is 2. The molecule has 0 bridgehead atoms. The van der Waals surface area contributed by atoms with E-state index in [1.54, 1.807) is 0 Å². The summed E-state index contributed by atoms with van der Waals surface area (Å²) in [6, 6.07) is 13.7. The van der Waals surface area contributed by atoms with Gasteiger partial charge in [-0.15, -0.1) is 0 Å². The van der Waals surface area contributed by atoms with Gasteiger partial charge in [-0.1, -0.05) is 42.8 Å². The van der Waals surface area contributed by atoms with Crippen LogP contribution in [0.5, 0.6) is 5.75 Å². The summed E-state index contributed by atoms with van der Waals surface area (Å²) < 4.78 is 29.1. The predicted octanol–water partition coefficient (Wildman–Crippen LogP) is 5.04. The Morgan fingerprint density at radius 1 is 1.06 bits per heavy atom. The van der Waals surface area contributed by atoms with Gasteiger partial charge in [-0.25, -0.2) is 13.1 Å². The molecule has 5 heteroatoms. The second-order valence-electron chi connectivity index (χ2n) is 10.3. The fraction of sp³-hybridized carbons (Fsp3) is 0.538. The zero-order chi connectivity index (χ0) is 21.8. The summed E-state index contributed by atoms with van der Waals surface area (Å²) in [4.78, 5) is 0. The van der Waals surface area contributed by atoms with Gasteiger partial charge >= 0.3 is 0 Å². The number of benzene rings is 2. The van der Waals surface area contributed by atoms with Gasteiger partial charge in [-0.3, -0.25) is 0 Å². The maximum Gasteiger partial charge on any atom is 0.216 e. The molecule has 0 amide bonds. The topological polar surface area (TPSA) is 66.4 Å². The Bertz CT molecular complexity index is 1080. The average Bonchev–Trinajstić information content (AvgIpc) is 3.05. The van der Waals surface area contributed by atoms with E-state index >= 15 is 0 Å². The third-order valence-electron chi connectivity index (χ3n) is 8.51. The molecular formula is C26H33NO3S. The molecule has 5 rings (SSSR count). The van der Waals surface area contributed by atoms with Gasteiger partial charge in [0.2, 0.25) is 10.0 Å². The van der Waals surface area contributed by atoms with Crippen molar-refractivity contribution in [1.82, 2.24) is 4.72 Å². The number of hydrogen-bond acceptors (Lipinski definition) is 3. The van der Waals surface area contributed by atoms with E-state index in [0.29, 0.717) is 23.5 Å². The fourth-order valence-corrected chi connectivity index (χ4v) is 8.46. The molecule has 3 aliphatic rings. The average molecular weight is 440 g/mol. The van der Waals surface area contributed by atoms with Crippen LogP contribution in [0.15, 0.2) is 42.5 Å². The maximum absolute atomic E-state index is 13.0. The summed E-state index contributed by atoms with van der Waals surface area (Å²) in [6.07, 6.45) is 6.34. The predicted molar refractivity (Wildman–Crippen MR) is 123 cm³/mol. The molecule has 0 aliphatic heterocycles. The summed E-state index contributed by atoms with van der Waals surface area (Å²) >= 11 is 0. The van der Waals surface area contributed by atoms with Crippen molar-refractivity contribution in [2.24, 2.45) is 17.3 Å². The van der Waals surface area contributed by atoms with Crippen molar-refractivity contribution in [3.63, 3.8) is 0 Å². The van der Waals surface area contributed by atoms with Crippen LogP contribution in [-0.2, 0) is 22.2 Å². The standard InChI is InChI=1S/C26H33NO3S/c1-17-3-5-18(6-4-17)16-31(29,30)27-25-12-11-24-23-9-7-19-15-20(28)8-10-21(19)22(23)13-14-26(24,25)2/h3-6,8,10,15,22-25,27-28H,7,9,11-14,16H2,1-2H3/t22-,23-,24+,25+,26+/m1/s1. The molecule has 0 spiro atoms. The number of nitrogens with one attached hydrogen (secondary N) is 1. The van der Waals surface area contributed by atoms with Crippen LogP contribution >= 0.6 is 0 Å². The normalized spacial score (nSPS) is 32.2. The van der Waals surface area contributed by atoms with Crippen LogP contribution in [0.3, 0.4) is 0 Å². The first-order valence-electron chi connectivity index (χ1n) is 11.6. The monoisotopic (exact) mass is 439 g/mol. The molecule has 2 fully saturated rings. The highest BCUT2D eigenvalue weighted by Gasteiger charge is 2.55. The largest absolute Gasteiger partial charge is 0.508 e. The first kappa shape index (κ1) is 21.0. The van der Waals surface area contributed by atoms with Crippen molar-refractivity contribution < 1.29 is 13.5 Å². The van der Waals surface area contributed by atoms with Gasteiger partial charge in [-0.2, -0.15) is 0 Å². The molecule has 0 saturated heterocycles. The first-order valence-corrected chi connectivity index (χ1v) is 13.3. The molecule has 2 saturated carbocycles. The lowest BCUT2D eigenvalue weighted by Gasteiger charge is -2.51. The Labute approximate surface area is 186 Å². The summed E-state index contributed by atoms with van der Waals surface area (Å²) in [7, 11) is -3.38. The SMILES string of the molecule is Cc1ccc(CS(=O)(=O)N[C@H]2CC[C@H]3[C@@H]4CCc5cc(O)ccc5[C@H]4CC[C@]23C)cc1. The second kappa shape index (κ2) is 7.63. The Morgan fingerprint density at radius 3 is 2.61 bits per heavy atom. The van der Waals surface area contributed by atoms with E-state index in [1.165, 1.54) is 11.1 Å². The molecule has 166 valence electrons. The van der Waals surface area contributed by atoms with Crippen LogP contribution in [0.1, 0.15) is 67.2 Å². The van der Waals surface area contributed by atoms with E-state index in [-0.39, 0.29) is 17.2 Å². The minimum absolute atomic E-state index is 0.0233. The van der Waals surface area contributed by atoms with Crippen molar-refractivity contribution in [2.45, 2.75) is 70.1 Å². The van der Waals surface area contributed by atoms with E-state index in [1.807, 2.05) is 43.3 Å². The molecule has 3 aliphatic carbocycles. The maximum atomic E-state index is 13.0. The minimum atomic E-state index is -3.38. The summed E-state index contributed by atoms with van der Waals surface area (Å²) in [5.41, 5.74) is 4.73. The Balaban J connectivity index is 1.33. The Kier molecular flexibility index (Phi) is 5.17. The minimum Gasteiger partial charge on any atom is -0.508 e. The molecule has 2 N–H and O–H groups in total. The summed E-state index contributed by atoms with van der Waals surface area (Å²) in [5, 5.41) is 9.87. The number of rotatable bonds is 4. The van der Waals surface area contributed by atoms with Gasteiger partial charge in [-0.05, 0) is 97.4 Å². The van der Waals surface area contributed by atoms with Crippen LogP contribution in [0.2, 0.25) is 0 Å². The van der Waals surface area contributed by atoms with Gasteiger partial charge in [0.15, 0.2) is 0 Å². The van der Waals surface area contributed by atoms with Gasteiger partial charge in [0, 0.05) is 6.04 Å². The number of phenols is 1. The quantitative estimate of drug-likeness (QED) is 0.701. The second-order valence-corrected chi connectivity index (χ2v) is 12.1. The highest BCUT2D eigenvalue weighted by Crippen LogP contribution is 2.61. The van der Waals surface area contributed by atoms with E-state index in [4.69, 9.17) is 0 Å². The molecule has 0 heterocycles. The van der Waals surface area contributed by atoms with Crippen molar-refractivity contribution >= 4 is 10.0 Å². The molecule has 0 unspecified atom stereocenters. The Morgan fingerprint density at radius 2 is 1.84 bits per heavy atom. The molecule has 2 aromatic carbocycles. The number of aromatic hydroxyl groups is 1. The van der Waals surface area contributed by atoms with E-state index < -0.39 is 10.0 Å². The van der Waals surface area contributed by atoms with Crippen LogP contribution < -0.4 is 4.72 Å². The molecule has 2 aromatic rings. The molecule has 0 radical (unpaired) electrons. The van der Waals surface area contributed by atoms with Gasteiger partial charge in [0.25, 0.3) is 0 Å². The Hall–Kier alpha value is -1.85. The van der Waals surface area contributed by atoms with Crippen molar-refractivity contribution in [2.75, 3.05) is 0 Å². The molecule has 0 aromatic heterocycles. The number of phenolic OH excluding ortho intramolecular Hbond substituents is 1. The third kappa shape index (κ3) is 3.80. The van der Waals surface area contributed by atoms with Crippen molar-refractivity contribution in [1.29, 1.82) is 0 Å².